The first-order valence-electron chi connectivity index (χ1n) is 6.06. The summed E-state index contributed by atoms with van der Waals surface area (Å²) in [5.74, 6) is -0.389. The molecule has 1 aromatic rings. The molecular formula is C13H22N2O2S. The lowest BCUT2D eigenvalue weighted by Crippen LogP contribution is -2.40. The summed E-state index contributed by atoms with van der Waals surface area (Å²) in [6.07, 6.45) is 0.720. The van der Waals surface area contributed by atoms with Gasteiger partial charge in [-0.3, -0.25) is 4.79 Å². The van der Waals surface area contributed by atoms with Gasteiger partial charge in [-0.15, -0.1) is 11.3 Å². The van der Waals surface area contributed by atoms with Gasteiger partial charge < -0.3 is 16.2 Å². The number of aliphatic hydroxyl groups excluding tert-OH is 1. The second-order valence-electron chi connectivity index (χ2n) is 5.48. The maximum absolute atomic E-state index is 11.0. The molecule has 0 aliphatic carbocycles. The molecule has 0 radical (unpaired) electrons. The van der Waals surface area contributed by atoms with E-state index in [1.807, 2.05) is 6.07 Å². The predicted octanol–water partition coefficient (Wildman–Crippen LogP) is 1.73. The molecule has 4 nitrogen and oxygen atoms in total. The van der Waals surface area contributed by atoms with Crippen molar-refractivity contribution in [3.05, 3.63) is 21.9 Å². The van der Waals surface area contributed by atoms with E-state index in [0.29, 0.717) is 12.1 Å². The zero-order valence-corrected chi connectivity index (χ0v) is 12.0. The van der Waals surface area contributed by atoms with Crippen LogP contribution in [0.4, 0.5) is 0 Å². The van der Waals surface area contributed by atoms with Crippen molar-refractivity contribution in [3.8, 4) is 0 Å². The van der Waals surface area contributed by atoms with Gasteiger partial charge in [-0.2, -0.15) is 0 Å². The highest BCUT2D eigenvalue weighted by Crippen LogP contribution is 2.23. The van der Waals surface area contributed by atoms with Crippen LogP contribution in [0.5, 0.6) is 0 Å². The van der Waals surface area contributed by atoms with Crippen LogP contribution in [-0.2, 0) is 6.54 Å². The smallest absolute Gasteiger partial charge is 0.249 e. The van der Waals surface area contributed by atoms with Crippen LogP contribution in [0.2, 0.25) is 0 Å². The Kier molecular flexibility index (Phi) is 5.31. The van der Waals surface area contributed by atoms with Crippen molar-refractivity contribution >= 4 is 17.2 Å². The average Bonchev–Trinajstić information content (AvgIpc) is 2.71. The topological polar surface area (TPSA) is 75.3 Å². The number of nitrogens with one attached hydrogen (secondary N) is 1. The first-order valence-corrected chi connectivity index (χ1v) is 6.94. The van der Waals surface area contributed by atoms with Crippen molar-refractivity contribution in [1.82, 2.24) is 5.32 Å². The quantitative estimate of drug-likeness (QED) is 0.737. The molecule has 1 unspecified atom stereocenters. The van der Waals surface area contributed by atoms with Crippen molar-refractivity contribution < 1.29 is 9.90 Å². The highest BCUT2D eigenvalue weighted by molar-refractivity contribution is 7.10. The summed E-state index contributed by atoms with van der Waals surface area (Å²) in [5, 5.41) is 14.3. The number of rotatable bonds is 6. The van der Waals surface area contributed by atoms with Crippen molar-refractivity contribution in [2.45, 2.75) is 39.8 Å². The number of carbonyl (C=O) groups is 1. The zero-order chi connectivity index (χ0) is 13.8. The minimum Gasteiger partial charge on any atom is -0.396 e. The molecule has 0 saturated heterocycles. The van der Waals surface area contributed by atoms with E-state index in [9.17, 15) is 4.79 Å². The van der Waals surface area contributed by atoms with Gasteiger partial charge in [-0.25, -0.2) is 0 Å². The number of amides is 1. The van der Waals surface area contributed by atoms with Gasteiger partial charge in [0.1, 0.15) is 0 Å². The fraction of sp³-hybridized carbons (Fsp3) is 0.615. The summed E-state index contributed by atoms with van der Waals surface area (Å²) in [6.45, 7) is 7.29. The maximum Gasteiger partial charge on any atom is 0.249 e. The standard InChI is InChI=1S/C13H22N2O2S/c1-13(2,3)11(4-5-16)15-7-10-6-9(8-18-10)12(14)17/h6,8,11,15-16H,4-5,7H2,1-3H3,(H2,14,17). The van der Waals surface area contributed by atoms with Crippen LogP contribution in [0.15, 0.2) is 11.4 Å². The molecule has 1 atom stereocenters. The molecule has 0 aromatic carbocycles. The van der Waals surface area contributed by atoms with E-state index in [0.717, 1.165) is 11.3 Å². The largest absolute Gasteiger partial charge is 0.396 e. The van der Waals surface area contributed by atoms with E-state index in [2.05, 4.69) is 26.1 Å². The fourth-order valence-electron chi connectivity index (χ4n) is 1.80. The summed E-state index contributed by atoms with van der Waals surface area (Å²) in [5.41, 5.74) is 5.87. The molecule has 0 spiro atoms. The number of carbonyl (C=O) groups excluding carboxylic acids is 1. The summed E-state index contributed by atoms with van der Waals surface area (Å²) in [4.78, 5) is 12.1. The predicted molar refractivity (Wildman–Crippen MR) is 74.6 cm³/mol. The molecule has 4 N–H and O–H groups in total. The number of hydrogen-bond acceptors (Lipinski definition) is 4. The van der Waals surface area contributed by atoms with Crippen LogP contribution >= 0.6 is 11.3 Å². The summed E-state index contributed by atoms with van der Waals surface area (Å²) < 4.78 is 0. The normalized spacial score (nSPS) is 13.6. The SMILES string of the molecule is CC(C)(C)C(CCO)NCc1cc(C(N)=O)cs1. The van der Waals surface area contributed by atoms with Crippen LogP contribution in [0, 0.1) is 5.41 Å². The first kappa shape index (κ1) is 15.1. The van der Waals surface area contributed by atoms with Gasteiger partial charge in [0.2, 0.25) is 5.91 Å². The molecule has 0 bridgehead atoms. The van der Waals surface area contributed by atoms with E-state index in [1.54, 1.807) is 5.38 Å². The summed E-state index contributed by atoms with van der Waals surface area (Å²) >= 11 is 1.52. The number of hydrogen-bond donors (Lipinski definition) is 3. The summed E-state index contributed by atoms with van der Waals surface area (Å²) in [7, 11) is 0. The molecule has 0 aliphatic rings. The van der Waals surface area contributed by atoms with E-state index in [4.69, 9.17) is 10.8 Å². The van der Waals surface area contributed by atoms with Gasteiger partial charge in [0.25, 0.3) is 0 Å². The molecule has 1 aromatic heterocycles. The van der Waals surface area contributed by atoms with Crippen molar-refractivity contribution in [2.24, 2.45) is 11.1 Å². The minimum atomic E-state index is -0.389. The van der Waals surface area contributed by atoms with Crippen LogP contribution in [0.1, 0.15) is 42.4 Å². The molecule has 1 heterocycles. The lowest BCUT2D eigenvalue weighted by molar-refractivity contribution is 0.100. The zero-order valence-electron chi connectivity index (χ0n) is 11.2. The van der Waals surface area contributed by atoms with Crippen LogP contribution in [0.25, 0.3) is 0 Å². The molecule has 102 valence electrons. The Morgan fingerprint density at radius 2 is 2.22 bits per heavy atom. The van der Waals surface area contributed by atoms with Crippen molar-refractivity contribution in [3.63, 3.8) is 0 Å². The van der Waals surface area contributed by atoms with E-state index < -0.39 is 0 Å². The number of primary amides is 1. The Bertz CT molecular complexity index is 396. The van der Waals surface area contributed by atoms with Crippen LogP contribution < -0.4 is 11.1 Å². The minimum absolute atomic E-state index is 0.0898. The number of nitrogens with two attached hydrogens (primary N) is 1. The van der Waals surface area contributed by atoms with Gasteiger partial charge in [-0.1, -0.05) is 20.8 Å². The van der Waals surface area contributed by atoms with Gasteiger partial charge in [-0.05, 0) is 17.9 Å². The number of thiophene rings is 1. The highest BCUT2D eigenvalue weighted by atomic mass is 32.1. The highest BCUT2D eigenvalue weighted by Gasteiger charge is 2.23. The molecule has 5 heteroatoms. The third-order valence-corrected chi connectivity index (χ3v) is 3.86. The Hall–Kier alpha value is -0.910. The third kappa shape index (κ3) is 4.40. The number of aliphatic hydroxyl groups is 1. The monoisotopic (exact) mass is 270 g/mol. The van der Waals surface area contributed by atoms with Gasteiger partial charge in [0.15, 0.2) is 0 Å². The molecule has 1 rings (SSSR count). The molecule has 18 heavy (non-hydrogen) atoms. The van der Waals surface area contributed by atoms with Gasteiger partial charge in [0.05, 0.1) is 5.56 Å². The third-order valence-electron chi connectivity index (χ3n) is 2.92. The van der Waals surface area contributed by atoms with Crippen molar-refractivity contribution in [2.75, 3.05) is 6.61 Å². The summed E-state index contributed by atoms with van der Waals surface area (Å²) in [6, 6.07) is 2.06. The first-order chi connectivity index (χ1) is 8.34. The maximum atomic E-state index is 11.0. The molecule has 0 fully saturated rings. The van der Waals surface area contributed by atoms with Crippen molar-refractivity contribution in [1.29, 1.82) is 0 Å². The Labute approximate surface area is 112 Å². The van der Waals surface area contributed by atoms with Gasteiger partial charge in [0, 0.05) is 29.5 Å². The Balaban J connectivity index is 2.58. The molecule has 1 amide bonds. The van der Waals surface area contributed by atoms with Crippen LogP contribution in [0.3, 0.4) is 0 Å². The Morgan fingerprint density at radius 3 is 2.67 bits per heavy atom. The van der Waals surface area contributed by atoms with E-state index in [-0.39, 0.29) is 24.0 Å². The second-order valence-corrected chi connectivity index (χ2v) is 6.47. The van der Waals surface area contributed by atoms with E-state index >= 15 is 0 Å². The lowest BCUT2D eigenvalue weighted by Gasteiger charge is -2.31. The Morgan fingerprint density at radius 1 is 1.56 bits per heavy atom. The van der Waals surface area contributed by atoms with Crippen LogP contribution in [-0.4, -0.2) is 23.7 Å². The average molecular weight is 270 g/mol. The second kappa shape index (κ2) is 6.31. The molecule has 0 aliphatic heterocycles. The van der Waals surface area contributed by atoms with E-state index in [1.165, 1.54) is 11.3 Å². The fourth-order valence-corrected chi connectivity index (χ4v) is 2.62. The molecule has 0 saturated carbocycles. The van der Waals surface area contributed by atoms with Gasteiger partial charge >= 0.3 is 0 Å². The lowest BCUT2D eigenvalue weighted by atomic mass is 9.85. The molecular weight excluding hydrogens is 248 g/mol.